The molecule has 0 radical (unpaired) electrons. The Hall–Kier alpha value is -2.69. The third-order valence-electron chi connectivity index (χ3n) is 3.32. The summed E-state index contributed by atoms with van der Waals surface area (Å²) in [5, 5.41) is 2.59. The summed E-state index contributed by atoms with van der Waals surface area (Å²) in [5.41, 5.74) is 3.07. The zero-order chi connectivity index (χ0) is 16.8. The summed E-state index contributed by atoms with van der Waals surface area (Å²) < 4.78 is 4.87. The molecule has 0 spiro atoms. The van der Waals surface area contributed by atoms with Crippen LogP contribution in [-0.4, -0.2) is 29.5 Å². The fourth-order valence-corrected chi connectivity index (χ4v) is 2.04. The number of benzene rings is 1. The van der Waals surface area contributed by atoms with E-state index in [0.29, 0.717) is 5.69 Å². The molecule has 0 aliphatic rings. The van der Waals surface area contributed by atoms with Crippen LogP contribution in [0.15, 0.2) is 42.5 Å². The minimum absolute atomic E-state index is 0.263. The van der Waals surface area contributed by atoms with Crippen molar-refractivity contribution >= 4 is 11.9 Å². The number of hydrogen-bond donors (Lipinski definition) is 1. The topological polar surface area (TPSA) is 68.3 Å². The lowest BCUT2D eigenvalue weighted by Gasteiger charge is -2.12. The van der Waals surface area contributed by atoms with Gasteiger partial charge in [-0.1, -0.05) is 35.9 Å². The van der Waals surface area contributed by atoms with Crippen LogP contribution in [0.2, 0.25) is 0 Å². The molecule has 1 atom stereocenters. The van der Waals surface area contributed by atoms with Crippen LogP contribution < -0.4 is 5.32 Å². The lowest BCUT2D eigenvalue weighted by Crippen LogP contribution is -2.39. The minimum Gasteiger partial charge on any atom is -0.464 e. The summed E-state index contributed by atoms with van der Waals surface area (Å²) in [5.74, 6) is -0.866. The fourth-order valence-electron chi connectivity index (χ4n) is 2.04. The van der Waals surface area contributed by atoms with Crippen molar-refractivity contribution < 1.29 is 14.3 Å². The van der Waals surface area contributed by atoms with E-state index >= 15 is 0 Å². The molecule has 1 heterocycles. The van der Waals surface area contributed by atoms with Gasteiger partial charge in [-0.2, -0.15) is 0 Å². The highest BCUT2D eigenvalue weighted by atomic mass is 16.5. The van der Waals surface area contributed by atoms with E-state index in [4.69, 9.17) is 4.74 Å². The number of amides is 1. The lowest BCUT2D eigenvalue weighted by molar-refractivity contribution is -0.144. The van der Waals surface area contributed by atoms with Crippen LogP contribution >= 0.6 is 0 Å². The second-order valence-electron chi connectivity index (χ2n) is 5.22. The normalized spacial score (nSPS) is 11.6. The zero-order valence-electron chi connectivity index (χ0n) is 13.5. The van der Waals surface area contributed by atoms with Gasteiger partial charge in [0.15, 0.2) is 0 Å². The van der Waals surface area contributed by atoms with Gasteiger partial charge < -0.3 is 10.1 Å². The maximum Gasteiger partial charge on any atom is 0.328 e. The van der Waals surface area contributed by atoms with Crippen LogP contribution in [0.1, 0.15) is 29.9 Å². The summed E-state index contributed by atoms with van der Waals surface area (Å²) in [6, 6.07) is 12.4. The molecule has 5 nitrogen and oxygen atoms in total. The largest absolute Gasteiger partial charge is 0.464 e. The van der Waals surface area contributed by atoms with Gasteiger partial charge in [-0.3, -0.25) is 4.79 Å². The van der Waals surface area contributed by atoms with Gasteiger partial charge >= 0.3 is 5.97 Å². The number of ether oxygens (including phenoxy) is 1. The molecule has 0 aliphatic carbocycles. The fraction of sp³-hybridized carbons (Fsp3) is 0.278. The van der Waals surface area contributed by atoms with Crippen molar-refractivity contribution in [2.24, 2.45) is 0 Å². The van der Waals surface area contributed by atoms with E-state index in [2.05, 4.69) is 10.3 Å². The quantitative estimate of drug-likeness (QED) is 0.862. The molecular weight excluding hydrogens is 292 g/mol. The number of aromatic nitrogens is 1. The molecular formula is C18H20N2O3. The Morgan fingerprint density at radius 3 is 2.52 bits per heavy atom. The average molecular weight is 312 g/mol. The highest BCUT2D eigenvalue weighted by molar-refractivity contribution is 5.95. The smallest absolute Gasteiger partial charge is 0.328 e. The van der Waals surface area contributed by atoms with E-state index in [0.717, 1.165) is 11.1 Å². The maximum absolute atomic E-state index is 12.2. The first-order chi connectivity index (χ1) is 11.0. The highest BCUT2D eigenvalue weighted by Gasteiger charge is 2.18. The van der Waals surface area contributed by atoms with Crippen LogP contribution in [0.4, 0.5) is 0 Å². The molecule has 0 saturated heterocycles. The molecule has 1 unspecified atom stereocenters. The average Bonchev–Trinajstić information content (AvgIpc) is 2.55. The number of carbonyl (C=O) groups excluding carboxylic acids is 2. The summed E-state index contributed by atoms with van der Waals surface area (Å²) in [6.45, 7) is 5.59. The molecule has 120 valence electrons. The molecule has 1 aromatic carbocycles. The van der Waals surface area contributed by atoms with Gasteiger partial charge in [0.05, 0.1) is 12.3 Å². The molecule has 1 amide bonds. The number of carbonyl (C=O) groups is 2. The first kappa shape index (κ1) is 16.7. The van der Waals surface area contributed by atoms with Gasteiger partial charge in [0.1, 0.15) is 11.7 Å². The number of nitrogens with zero attached hydrogens (tertiary/aromatic N) is 1. The van der Waals surface area contributed by atoms with Gasteiger partial charge in [-0.05, 0) is 32.9 Å². The Bertz CT molecular complexity index is 696. The van der Waals surface area contributed by atoms with E-state index in [9.17, 15) is 9.59 Å². The third kappa shape index (κ3) is 4.39. The van der Waals surface area contributed by atoms with Crippen LogP contribution in [-0.2, 0) is 9.53 Å². The summed E-state index contributed by atoms with van der Waals surface area (Å²) in [4.78, 5) is 28.2. The summed E-state index contributed by atoms with van der Waals surface area (Å²) >= 11 is 0. The standard InChI is InChI=1S/C18H20N2O3/c1-4-23-18(22)13(3)19-17(21)16-7-5-6-15(20-16)14-10-8-12(2)9-11-14/h5-11,13H,4H2,1-3H3,(H,19,21). The van der Waals surface area contributed by atoms with E-state index in [1.54, 1.807) is 26.0 Å². The van der Waals surface area contributed by atoms with E-state index in [1.807, 2.05) is 37.3 Å². The minimum atomic E-state index is -0.715. The van der Waals surface area contributed by atoms with Gasteiger partial charge in [-0.15, -0.1) is 0 Å². The third-order valence-corrected chi connectivity index (χ3v) is 3.32. The van der Waals surface area contributed by atoms with E-state index < -0.39 is 17.9 Å². The van der Waals surface area contributed by atoms with Crippen LogP contribution in [0.3, 0.4) is 0 Å². The Labute approximate surface area is 135 Å². The van der Waals surface area contributed by atoms with Crippen molar-refractivity contribution in [3.8, 4) is 11.3 Å². The number of hydrogen-bond acceptors (Lipinski definition) is 4. The van der Waals surface area contributed by atoms with Crippen molar-refractivity contribution in [1.82, 2.24) is 10.3 Å². The van der Waals surface area contributed by atoms with Gasteiger partial charge in [0, 0.05) is 5.56 Å². The molecule has 2 aromatic rings. The lowest BCUT2D eigenvalue weighted by atomic mass is 10.1. The Morgan fingerprint density at radius 2 is 1.87 bits per heavy atom. The van der Waals surface area contributed by atoms with Gasteiger partial charge in [0.25, 0.3) is 5.91 Å². The zero-order valence-corrected chi connectivity index (χ0v) is 13.5. The number of nitrogens with one attached hydrogen (secondary N) is 1. The Balaban J connectivity index is 2.14. The van der Waals surface area contributed by atoms with Gasteiger partial charge in [-0.25, -0.2) is 9.78 Å². The summed E-state index contributed by atoms with van der Waals surface area (Å²) in [6.07, 6.45) is 0. The predicted octanol–water partition coefficient (Wildman–Crippen LogP) is 2.74. The Morgan fingerprint density at radius 1 is 1.17 bits per heavy atom. The van der Waals surface area contributed by atoms with Gasteiger partial charge in [0.2, 0.25) is 0 Å². The summed E-state index contributed by atoms with van der Waals surface area (Å²) in [7, 11) is 0. The highest BCUT2D eigenvalue weighted by Crippen LogP contribution is 2.17. The maximum atomic E-state index is 12.2. The second-order valence-corrected chi connectivity index (χ2v) is 5.22. The van der Waals surface area contributed by atoms with Crippen LogP contribution in [0.25, 0.3) is 11.3 Å². The molecule has 0 bridgehead atoms. The van der Waals surface area contributed by atoms with Crippen molar-refractivity contribution in [2.75, 3.05) is 6.61 Å². The SMILES string of the molecule is CCOC(=O)C(C)NC(=O)c1cccc(-c2ccc(C)cc2)n1. The molecule has 0 fully saturated rings. The van der Waals surface area contributed by atoms with Crippen LogP contribution in [0.5, 0.6) is 0 Å². The molecule has 1 aromatic heterocycles. The van der Waals surface area contributed by atoms with Crippen molar-refractivity contribution in [3.63, 3.8) is 0 Å². The Kier molecular flexibility index (Phi) is 5.46. The molecule has 5 heteroatoms. The number of aryl methyl sites for hydroxylation is 1. The first-order valence-corrected chi connectivity index (χ1v) is 7.53. The van der Waals surface area contributed by atoms with Crippen LogP contribution in [0, 0.1) is 6.92 Å². The second kappa shape index (κ2) is 7.54. The molecule has 1 N–H and O–H groups in total. The van der Waals surface area contributed by atoms with E-state index in [1.165, 1.54) is 0 Å². The first-order valence-electron chi connectivity index (χ1n) is 7.53. The molecule has 2 rings (SSSR count). The molecule has 23 heavy (non-hydrogen) atoms. The van der Waals surface area contributed by atoms with Crippen molar-refractivity contribution in [1.29, 1.82) is 0 Å². The number of esters is 1. The number of pyridine rings is 1. The molecule has 0 aliphatic heterocycles. The number of rotatable bonds is 5. The monoisotopic (exact) mass is 312 g/mol. The van der Waals surface area contributed by atoms with E-state index in [-0.39, 0.29) is 12.3 Å². The van der Waals surface area contributed by atoms with Crippen molar-refractivity contribution in [2.45, 2.75) is 26.8 Å². The van der Waals surface area contributed by atoms with Crippen molar-refractivity contribution in [3.05, 3.63) is 53.7 Å². The predicted molar refractivity (Wildman–Crippen MR) is 88.0 cm³/mol. The molecule has 0 saturated carbocycles.